The maximum Gasteiger partial charge on any atom is 0.245 e. The first-order chi connectivity index (χ1) is 16.6. The molecular formula is C31H54F2O3. The molecule has 0 unspecified atom stereocenters. The molecule has 4 fully saturated rings. The van der Waals surface area contributed by atoms with Crippen molar-refractivity contribution in [2.75, 3.05) is 6.61 Å². The van der Waals surface area contributed by atoms with E-state index in [1.807, 2.05) is 13.8 Å². The van der Waals surface area contributed by atoms with E-state index in [9.17, 15) is 19.0 Å². The molecule has 2 N–H and O–H groups in total. The molecule has 0 spiro atoms. The molecule has 0 radical (unpaired) electrons. The van der Waals surface area contributed by atoms with Crippen molar-refractivity contribution >= 4 is 0 Å². The van der Waals surface area contributed by atoms with Gasteiger partial charge in [0.1, 0.15) is 0 Å². The van der Waals surface area contributed by atoms with Gasteiger partial charge in [0, 0.05) is 5.41 Å². The molecule has 0 heterocycles. The smallest absolute Gasteiger partial charge is 0.245 e. The van der Waals surface area contributed by atoms with Crippen LogP contribution in [0.2, 0.25) is 0 Å². The number of hydrogen-bond acceptors (Lipinski definition) is 3. The molecule has 210 valence electrons. The summed E-state index contributed by atoms with van der Waals surface area (Å²) in [5.74, 6) is 3.74. The third-order valence-electron chi connectivity index (χ3n) is 11.9. The fourth-order valence-electron chi connectivity index (χ4n) is 9.62. The van der Waals surface area contributed by atoms with Crippen molar-refractivity contribution in [3.63, 3.8) is 0 Å². The zero-order chi connectivity index (χ0) is 26.7. The second-order valence-corrected chi connectivity index (χ2v) is 15.3. The van der Waals surface area contributed by atoms with Crippen LogP contribution in [-0.4, -0.2) is 41.1 Å². The Bertz CT molecular complexity index is 763. The van der Waals surface area contributed by atoms with Crippen LogP contribution >= 0.6 is 0 Å². The van der Waals surface area contributed by atoms with Crippen molar-refractivity contribution in [2.45, 2.75) is 137 Å². The number of rotatable bonds is 8. The topological polar surface area (TPSA) is 49.7 Å². The van der Waals surface area contributed by atoms with E-state index in [4.69, 9.17) is 4.74 Å². The maximum absolute atomic E-state index is 13.3. The van der Waals surface area contributed by atoms with Crippen molar-refractivity contribution in [1.29, 1.82) is 0 Å². The van der Waals surface area contributed by atoms with Crippen LogP contribution in [0.25, 0.3) is 0 Å². The summed E-state index contributed by atoms with van der Waals surface area (Å²) >= 11 is 0. The largest absolute Gasteiger partial charge is 0.390 e. The Balaban J connectivity index is 1.43. The molecule has 36 heavy (non-hydrogen) atoms. The SMILES string of the molecule is C[C@H](CCC(C)(C)O)[C@H]1CC[C@H]2[C@@H]3CC[C@H]4[C@@H](O)[C@@H](OCC(C)(C)C(F)F)CC[C@]4(C)[C@H]3CC[C@]12C. The van der Waals surface area contributed by atoms with Crippen molar-refractivity contribution in [3.8, 4) is 0 Å². The van der Waals surface area contributed by atoms with E-state index in [1.54, 1.807) is 13.8 Å². The Morgan fingerprint density at radius 2 is 1.50 bits per heavy atom. The van der Waals surface area contributed by atoms with Crippen LogP contribution in [0, 0.1) is 51.8 Å². The van der Waals surface area contributed by atoms with E-state index in [2.05, 4.69) is 20.8 Å². The minimum absolute atomic E-state index is 0.00462. The van der Waals surface area contributed by atoms with Gasteiger partial charge in [0.15, 0.2) is 0 Å². The number of hydrogen-bond donors (Lipinski definition) is 2. The van der Waals surface area contributed by atoms with Gasteiger partial charge in [0.2, 0.25) is 6.43 Å². The summed E-state index contributed by atoms with van der Waals surface area (Å²) in [6.07, 6.45) is 7.85. The van der Waals surface area contributed by atoms with E-state index in [-0.39, 0.29) is 24.0 Å². The first kappa shape index (κ1) is 28.7. The lowest BCUT2D eigenvalue weighted by Crippen LogP contribution is -2.59. The van der Waals surface area contributed by atoms with Crippen LogP contribution in [0.15, 0.2) is 0 Å². The highest BCUT2D eigenvalue weighted by Crippen LogP contribution is 2.68. The van der Waals surface area contributed by atoms with Gasteiger partial charge in [-0.3, -0.25) is 0 Å². The average Bonchev–Trinajstić information content (AvgIpc) is 3.13. The summed E-state index contributed by atoms with van der Waals surface area (Å²) in [7, 11) is 0. The Labute approximate surface area is 219 Å². The van der Waals surface area contributed by atoms with Gasteiger partial charge >= 0.3 is 0 Å². The zero-order valence-electron chi connectivity index (χ0n) is 24.0. The molecule has 4 aliphatic rings. The molecule has 3 nitrogen and oxygen atoms in total. The fourth-order valence-corrected chi connectivity index (χ4v) is 9.62. The molecular weight excluding hydrogens is 458 g/mol. The standard InChI is InChI=1S/C31H54F2O3/c1-19(12-15-29(4,5)35)21-10-11-22-20-8-9-24-26(34)25(36-18-28(2,3)27(32)33)14-17-31(24,7)23(20)13-16-30(21,22)6/h19-27,34-35H,8-18H2,1-7H3/t19-,20+,21-,22+,23+,24+,25+,26-,30-,31-/m1/s1. The fraction of sp³-hybridized carbons (Fsp3) is 1.00. The maximum atomic E-state index is 13.3. The Morgan fingerprint density at radius 3 is 2.14 bits per heavy atom. The third kappa shape index (κ3) is 5.16. The molecule has 10 atom stereocenters. The molecule has 4 aliphatic carbocycles. The molecule has 0 amide bonds. The second kappa shape index (κ2) is 10.0. The Kier molecular flexibility index (Phi) is 8.02. The number of fused-ring (bicyclic) bond motifs is 5. The highest BCUT2D eigenvalue weighted by molar-refractivity contribution is 5.11. The van der Waals surface area contributed by atoms with Crippen LogP contribution in [0.1, 0.15) is 113 Å². The van der Waals surface area contributed by atoms with Gasteiger partial charge in [0.25, 0.3) is 0 Å². The van der Waals surface area contributed by atoms with Crippen molar-refractivity contribution in [3.05, 3.63) is 0 Å². The first-order valence-electron chi connectivity index (χ1n) is 14.9. The molecule has 4 rings (SSSR count). The van der Waals surface area contributed by atoms with Gasteiger partial charge in [-0.05, 0) is 124 Å². The lowest BCUT2D eigenvalue weighted by Gasteiger charge is -2.62. The van der Waals surface area contributed by atoms with E-state index < -0.39 is 23.5 Å². The first-order valence-corrected chi connectivity index (χ1v) is 14.9. The van der Waals surface area contributed by atoms with E-state index in [1.165, 1.54) is 32.1 Å². The van der Waals surface area contributed by atoms with Gasteiger partial charge < -0.3 is 14.9 Å². The lowest BCUT2D eigenvalue weighted by atomic mass is 9.44. The molecule has 5 heteroatoms. The van der Waals surface area contributed by atoms with Gasteiger partial charge in [-0.2, -0.15) is 0 Å². The summed E-state index contributed by atoms with van der Waals surface area (Å²) in [5, 5.41) is 21.7. The van der Waals surface area contributed by atoms with Crippen LogP contribution in [-0.2, 0) is 4.74 Å². The van der Waals surface area contributed by atoms with Gasteiger partial charge in [-0.15, -0.1) is 0 Å². The lowest BCUT2D eigenvalue weighted by molar-refractivity contribution is -0.194. The van der Waals surface area contributed by atoms with Crippen LogP contribution in [0.5, 0.6) is 0 Å². The van der Waals surface area contributed by atoms with Gasteiger partial charge in [0.05, 0.1) is 24.4 Å². The van der Waals surface area contributed by atoms with Crippen LogP contribution in [0.3, 0.4) is 0 Å². The van der Waals surface area contributed by atoms with E-state index >= 15 is 0 Å². The predicted molar refractivity (Wildman–Crippen MR) is 141 cm³/mol. The number of ether oxygens (including phenoxy) is 1. The van der Waals surface area contributed by atoms with Gasteiger partial charge in [-0.25, -0.2) is 8.78 Å². The third-order valence-corrected chi connectivity index (χ3v) is 11.9. The summed E-state index contributed by atoms with van der Waals surface area (Å²) in [6.45, 7) is 14.4. The molecule has 0 saturated heterocycles. The van der Waals surface area contributed by atoms with Crippen molar-refractivity contribution < 1.29 is 23.7 Å². The number of aliphatic hydroxyl groups excluding tert-OH is 1. The van der Waals surface area contributed by atoms with Crippen molar-refractivity contribution in [2.24, 2.45) is 51.8 Å². The quantitative estimate of drug-likeness (QED) is 0.354. The summed E-state index contributed by atoms with van der Waals surface area (Å²) < 4.78 is 32.6. The Morgan fingerprint density at radius 1 is 0.889 bits per heavy atom. The predicted octanol–water partition coefficient (Wildman–Crippen LogP) is 7.48. The monoisotopic (exact) mass is 512 g/mol. The molecule has 0 aromatic carbocycles. The minimum atomic E-state index is -2.43. The van der Waals surface area contributed by atoms with E-state index in [0.717, 1.165) is 49.9 Å². The normalized spacial score (nSPS) is 44.2. The molecule has 0 bridgehead atoms. The van der Waals surface area contributed by atoms with Crippen LogP contribution in [0.4, 0.5) is 8.78 Å². The summed E-state index contributed by atoms with van der Waals surface area (Å²) in [6, 6.07) is 0. The van der Waals surface area contributed by atoms with E-state index in [0.29, 0.717) is 17.3 Å². The summed E-state index contributed by atoms with van der Waals surface area (Å²) in [4.78, 5) is 0. The van der Waals surface area contributed by atoms with Gasteiger partial charge in [-0.1, -0.05) is 34.6 Å². The highest BCUT2D eigenvalue weighted by atomic mass is 19.3. The van der Waals surface area contributed by atoms with Crippen LogP contribution < -0.4 is 0 Å². The minimum Gasteiger partial charge on any atom is -0.390 e. The number of halogens is 2. The number of aliphatic hydroxyl groups is 2. The summed E-state index contributed by atoms with van der Waals surface area (Å²) in [5.41, 5.74) is -1.26. The molecule has 4 saturated carbocycles. The molecule has 0 aromatic heterocycles. The zero-order valence-corrected chi connectivity index (χ0v) is 24.0. The average molecular weight is 513 g/mol. The highest BCUT2D eigenvalue weighted by Gasteiger charge is 2.62. The molecule has 0 aromatic rings. The second-order valence-electron chi connectivity index (χ2n) is 15.3. The Hall–Kier alpha value is -0.260. The molecule has 0 aliphatic heterocycles. The van der Waals surface area contributed by atoms with Crippen molar-refractivity contribution in [1.82, 2.24) is 0 Å². The number of alkyl halides is 2.